The lowest BCUT2D eigenvalue weighted by atomic mass is 9.79. The number of aryl methyl sites for hydroxylation is 1. The molecule has 0 bridgehead atoms. The van der Waals surface area contributed by atoms with Gasteiger partial charge in [0.25, 0.3) is 0 Å². The molecule has 0 aliphatic heterocycles. The number of aromatic nitrogens is 1. The molecule has 1 aromatic rings. The van der Waals surface area contributed by atoms with Crippen LogP contribution in [0.5, 0.6) is 0 Å². The Kier molecular flexibility index (Phi) is 3.22. The van der Waals surface area contributed by atoms with Crippen LogP contribution in [0.4, 0.5) is 0 Å². The molecule has 0 atom stereocenters. The van der Waals surface area contributed by atoms with E-state index >= 15 is 0 Å². The molecule has 0 unspecified atom stereocenters. The van der Waals surface area contributed by atoms with Crippen molar-refractivity contribution in [1.29, 1.82) is 0 Å². The summed E-state index contributed by atoms with van der Waals surface area (Å²) in [6.45, 7) is 2.18. The van der Waals surface area contributed by atoms with Crippen LogP contribution in [0.3, 0.4) is 0 Å². The molecule has 1 aromatic heterocycles. The summed E-state index contributed by atoms with van der Waals surface area (Å²) in [5.74, 6) is 1.48. The van der Waals surface area contributed by atoms with Crippen molar-refractivity contribution >= 4 is 11.3 Å². The molecule has 2 aliphatic rings. The van der Waals surface area contributed by atoms with Crippen LogP contribution in [-0.4, -0.2) is 11.0 Å². The highest BCUT2D eigenvalue weighted by molar-refractivity contribution is 7.12. The number of nitrogens with zero attached hydrogens (tertiary/aromatic N) is 1. The molecule has 0 saturated heterocycles. The first-order valence-electron chi connectivity index (χ1n) is 6.97. The quantitative estimate of drug-likeness (QED) is 0.869. The van der Waals surface area contributed by atoms with E-state index in [4.69, 9.17) is 10.7 Å². The topological polar surface area (TPSA) is 38.9 Å². The lowest BCUT2D eigenvalue weighted by Crippen LogP contribution is -2.34. The van der Waals surface area contributed by atoms with Crippen molar-refractivity contribution in [2.24, 2.45) is 5.73 Å². The molecule has 2 aliphatic carbocycles. The maximum absolute atomic E-state index is 5.89. The fourth-order valence-electron chi connectivity index (χ4n) is 3.21. The van der Waals surface area contributed by atoms with E-state index in [-0.39, 0.29) is 0 Å². The van der Waals surface area contributed by atoms with Crippen LogP contribution in [-0.2, 0) is 0 Å². The maximum atomic E-state index is 5.89. The van der Waals surface area contributed by atoms with Crippen molar-refractivity contribution in [2.45, 2.75) is 69.7 Å². The van der Waals surface area contributed by atoms with Crippen LogP contribution in [0.1, 0.15) is 72.4 Å². The molecule has 0 radical (unpaired) electrons. The van der Waals surface area contributed by atoms with Gasteiger partial charge in [-0.1, -0.05) is 19.3 Å². The van der Waals surface area contributed by atoms with E-state index in [2.05, 4.69) is 6.92 Å². The van der Waals surface area contributed by atoms with Gasteiger partial charge in [-0.15, -0.1) is 11.3 Å². The Morgan fingerprint density at radius 3 is 2.47 bits per heavy atom. The first-order chi connectivity index (χ1) is 8.24. The molecule has 17 heavy (non-hydrogen) atoms. The second kappa shape index (κ2) is 4.69. The van der Waals surface area contributed by atoms with Crippen LogP contribution in [0, 0.1) is 6.92 Å². The molecular weight excluding hydrogens is 228 g/mol. The molecule has 1 heterocycles. The second-order valence-electron chi connectivity index (χ2n) is 5.77. The van der Waals surface area contributed by atoms with Crippen molar-refractivity contribution in [3.8, 4) is 0 Å². The number of nitrogens with two attached hydrogens (primary N) is 1. The van der Waals surface area contributed by atoms with Crippen molar-refractivity contribution in [2.75, 3.05) is 0 Å². The Morgan fingerprint density at radius 1 is 1.12 bits per heavy atom. The predicted octanol–water partition coefficient (Wildman–Crippen LogP) is 3.70. The molecule has 2 fully saturated rings. The lowest BCUT2D eigenvalue weighted by molar-refractivity contribution is 0.354. The van der Waals surface area contributed by atoms with Gasteiger partial charge in [-0.2, -0.15) is 0 Å². The average molecular weight is 250 g/mol. The second-order valence-corrected chi connectivity index (χ2v) is 6.83. The normalized spacial score (nSPS) is 30.2. The summed E-state index contributed by atoms with van der Waals surface area (Å²) in [5.41, 5.74) is 7.17. The Bertz CT molecular complexity index is 387. The molecule has 0 aromatic carbocycles. The fraction of sp³-hybridized carbons (Fsp3) is 0.786. The summed E-state index contributed by atoms with van der Waals surface area (Å²) >= 11 is 1.99. The number of hydrogen-bond acceptors (Lipinski definition) is 3. The average Bonchev–Trinajstić information content (AvgIpc) is 2.68. The molecule has 94 valence electrons. The van der Waals surface area contributed by atoms with E-state index in [1.54, 1.807) is 0 Å². The third-order valence-electron chi connectivity index (χ3n) is 4.35. The number of thiazole rings is 1. The molecule has 0 amide bonds. The van der Waals surface area contributed by atoms with Crippen molar-refractivity contribution < 1.29 is 0 Å². The lowest BCUT2D eigenvalue weighted by Gasteiger charge is -2.31. The van der Waals surface area contributed by atoms with Gasteiger partial charge >= 0.3 is 0 Å². The van der Waals surface area contributed by atoms with Crippen LogP contribution < -0.4 is 5.73 Å². The van der Waals surface area contributed by atoms with Crippen LogP contribution in [0.25, 0.3) is 0 Å². The summed E-state index contributed by atoms with van der Waals surface area (Å²) in [6.07, 6.45) is 9.28. The van der Waals surface area contributed by atoms with Crippen molar-refractivity contribution in [1.82, 2.24) is 4.98 Å². The third kappa shape index (κ3) is 2.27. The highest BCUT2D eigenvalue weighted by atomic mass is 32.1. The van der Waals surface area contributed by atoms with Gasteiger partial charge in [0, 0.05) is 16.8 Å². The van der Waals surface area contributed by atoms with Crippen molar-refractivity contribution in [3.63, 3.8) is 0 Å². The monoisotopic (exact) mass is 250 g/mol. The smallest absolute Gasteiger partial charge is 0.0961 e. The molecule has 2 N–H and O–H groups in total. The Hall–Kier alpha value is -0.410. The summed E-state index contributed by atoms with van der Waals surface area (Å²) in [4.78, 5) is 6.37. The van der Waals surface area contributed by atoms with E-state index in [1.165, 1.54) is 60.5 Å². The van der Waals surface area contributed by atoms with E-state index in [0.29, 0.717) is 6.04 Å². The first kappa shape index (κ1) is 11.7. The number of rotatable bonds is 2. The minimum absolute atomic E-state index is 0.444. The zero-order valence-corrected chi connectivity index (χ0v) is 11.4. The van der Waals surface area contributed by atoms with E-state index in [9.17, 15) is 0 Å². The summed E-state index contributed by atoms with van der Waals surface area (Å²) < 4.78 is 0. The van der Waals surface area contributed by atoms with Crippen LogP contribution in [0.2, 0.25) is 0 Å². The van der Waals surface area contributed by atoms with Gasteiger partial charge in [0.2, 0.25) is 0 Å². The van der Waals surface area contributed by atoms with E-state index in [0.717, 1.165) is 11.8 Å². The zero-order valence-electron chi connectivity index (χ0n) is 10.6. The molecule has 0 spiro atoms. The van der Waals surface area contributed by atoms with E-state index < -0.39 is 0 Å². The summed E-state index contributed by atoms with van der Waals surface area (Å²) in [5, 5.41) is 1.41. The predicted molar refractivity (Wildman–Crippen MR) is 72.6 cm³/mol. The summed E-state index contributed by atoms with van der Waals surface area (Å²) in [7, 11) is 0. The SMILES string of the molecule is Cc1nc(C2CCCCC2)sc1C1CC(N)C1. The third-order valence-corrected chi connectivity index (χ3v) is 5.83. The maximum Gasteiger partial charge on any atom is 0.0961 e. The Morgan fingerprint density at radius 2 is 1.82 bits per heavy atom. The highest BCUT2D eigenvalue weighted by Crippen LogP contribution is 2.43. The van der Waals surface area contributed by atoms with E-state index in [1.807, 2.05) is 11.3 Å². The van der Waals surface area contributed by atoms with Gasteiger partial charge in [0.1, 0.15) is 0 Å². The largest absolute Gasteiger partial charge is 0.328 e. The van der Waals surface area contributed by atoms with Crippen LogP contribution >= 0.6 is 11.3 Å². The van der Waals surface area contributed by atoms with Gasteiger partial charge in [-0.3, -0.25) is 0 Å². The van der Waals surface area contributed by atoms with Crippen LogP contribution in [0.15, 0.2) is 0 Å². The minimum atomic E-state index is 0.444. The first-order valence-corrected chi connectivity index (χ1v) is 7.78. The Balaban J connectivity index is 1.75. The zero-order chi connectivity index (χ0) is 11.8. The number of hydrogen-bond donors (Lipinski definition) is 1. The fourth-order valence-corrected chi connectivity index (χ4v) is 4.57. The molecule has 3 rings (SSSR count). The highest BCUT2D eigenvalue weighted by Gasteiger charge is 2.31. The minimum Gasteiger partial charge on any atom is -0.328 e. The van der Waals surface area contributed by atoms with Gasteiger partial charge in [0.05, 0.1) is 10.7 Å². The standard InChI is InChI=1S/C14H22N2S/c1-9-13(11-7-12(15)8-11)17-14(16-9)10-5-3-2-4-6-10/h10-12H,2-8,15H2,1H3. The van der Waals surface area contributed by atoms with Crippen molar-refractivity contribution in [3.05, 3.63) is 15.6 Å². The summed E-state index contributed by atoms with van der Waals surface area (Å²) in [6, 6.07) is 0.444. The molecule has 2 nitrogen and oxygen atoms in total. The Labute approximate surface area is 108 Å². The molecule has 2 saturated carbocycles. The molecule has 3 heteroatoms. The van der Waals surface area contributed by atoms with Gasteiger partial charge < -0.3 is 5.73 Å². The van der Waals surface area contributed by atoms with Gasteiger partial charge in [-0.25, -0.2) is 4.98 Å². The molecular formula is C14H22N2S. The van der Waals surface area contributed by atoms with Gasteiger partial charge in [-0.05, 0) is 38.5 Å². The van der Waals surface area contributed by atoms with Gasteiger partial charge in [0.15, 0.2) is 0 Å².